The predicted molar refractivity (Wildman–Crippen MR) is 87.4 cm³/mol. The lowest BCUT2D eigenvalue weighted by Crippen LogP contribution is -2.21. The summed E-state index contributed by atoms with van der Waals surface area (Å²) in [5.41, 5.74) is 2.31. The second-order valence-corrected chi connectivity index (χ2v) is 6.11. The Kier molecular flexibility index (Phi) is 4.64. The highest BCUT2D eigenvalue weighted by Gasteiger charge is 2.35. The van der Waals surface area contributed by atoms with E-state index in [2.05, 4.69) is 21.2 Å². The lowest BCUT2D eigenvalue weighted by Gasteiger charge is -2.19. The van der Waals surface area contributed by atoms with Crippen molar-refractivity contribution in [2.45, 2.75) is 12.8 Å². The summed E-state index contributed by atoms with van der Waals surface area (Å²) in [6.07, 6.45) is 7.55. The molecule has 1 aliphatic rings. The van der Waals surface area contributed by atoms with Gasteiger partial charge in [0.15, 0.2) is 0 Å². The number of rotatable bonds is 5. The van der Waals surface area contributed by atoms with Gasteiger partial charge in [0.1, 0.15) is 0 Å². The van der Waals surface area contributed by atoms with Crippen LogP contribution in [0.1, 0.15) is 18.4 Å². The molecule has 0 aromatic carbocycles. The molecule has 3 heterocycles. The van der Waals surface area contributed by atoms with E-state index in [1.165, 1.54) is 5.56 Å². The minimum absolute atomic E-state index is 0.407. The SMILES string of the molecule is CCOC[C@@H]1CN(c2ccncc2Cl)C[C@H]1c1cnn(C)c1. The average Bonchev–Trinajstić information content (AvgIpc) is 3.11. The fraction of sp³-hybridized carbons (Fsp3) is 0.500. The molecule has 0 aliphatic carbocycles. The lowest BCUT2D eigenvalue weighted by atomic mass is 9.92. The highest BCUT2D eigenvalue weighted by molar-refractivity contribution is 6.33. The third-order valence-electron chi connectivity index (χ3n) is 4.22. The van der Waals surface area contributed by atoms with Crippen LogP contribution in [0.3, 0.4) is 0 Å². The van der Waals surface area contributed by atoms with Crippen LogP contribution in [-0.4, -0.2) is 41.1 Å². The van der Waals surface area contributed by atoms with Gasteiger partial charge in [-0.2, -0.15) is 5.10 Å². The minimum Gasteiger partial charge on any atom is -0.381 e. The highest BCUT2D eigenvalue weighted by Crippen LogP contribution is 2.37. The molecule has 0 saturated carbocycles. The number of aryl methyl sites for hydroxylation is 1. The summed E-state index contributed by atoms with van der Waals surface area (Å²) in [4.78, 5) is 6.39. The Hall–Kier alpha value is -1.59. The molecule has 2 aromatic rings. The van der Waals surface area contributed by atoms with E-state index in [1.807, 2.05) is 30.9 Å². The van der Waals surface area contributed by atoms with Crippen LogP contribution < -0.4 is 4.90 Å². The summed E-state index contributed by atoms with van der Waals surface area (Å²) >= 11 is 6.30. The first-order valence-corrected chi connectivity index (χ1v) is 7.97. The normalized spacial score (nSPS) is 21.5. The topological polar surface area (TPSA) is 43.2 Å². The molecule has 0 N–H and O–H groups in total. The molecule has 0 spiro atoms. The lowest BCUT2D eigenvalue weighted by molar-refractivity contribution is 0.111. The van der Waals surface area contributed by atoms with Crippen LogP contribution >= 0.6 is 11.6 Å². The molecule has 0 amide bonds. The molecule has 22 heavy (non-hydrogen) atoms. The number of aromatic nitrogens is 3. The second kappa shape index (κ2) is 6.67. The highest BCUT2D eigenvalue weighted by atomic mass is 35.5. The van der Waals surface area contributed by atoms with Gasteiger partial charge in [-0.15, -0.1) is 0 Å². The monoisotopic (exact) mass is 320 g/mol. The van der Waals surface area contributed by atoms with Gasteiger partial charge in [0.25, 0.3) is 0 Å². The van der Waals surface area contributed by atoms with E-state index in [1.54, 1.807) is 12.4 Å². The van der Waals surface area contributed by atoms with Gasteiger partial charge in [-0.1, -0.05) is 11.6 Å². The molecule has 0 radical (unpaired) electrons. The van der Waals surface area contributed by atoms with Gasteiger partial charge in [0.05, 0.1) is 23.5 Å². The summed E-state index contributed by atoms with van der Waals surface area (Å²) < 4.78 is 7.55. The van der Waals surface area contributed by atoms with Crippen LogP contribution in [0.5, 0.6) is 0 Å². The van der Waals surface area contributed by atoms with Gasteiger partial charge in [-0.25, -0.2) is 0 Å². The van der Waals surface area contributed by atoms with Gasteiger partial charge in [-0.05, 0) is 18.6 Å². The first kappa shape index (κ1) is 15.3. The summed E-state index contributed by atoms with van der Waals surface area (Å²) in [7, 11) is 1.95. The van der Waals surface area contributed by atoms with Crippen molar-refractivity contribution in [1.82, 2.24) is 14.8 Å². The van der Waals surface area contributed by atoms with Gasteiger partial charge in [0.2, 0.25) is 0 Å². The zero-order valence-corrected chi connectivity index (χ0v) is 13.7. The first-order valence-electron chi connectivity index (χ1n) is 7.59. The molecule has 118 valence electrons. The number of anilines is 1. The van der Waals surface area contributed by atoms with Crippen LogP contribution in [0.4, 0.5) is 5.69 Å². The van der Waals surface area contributed by atoms with Gasteiger partial charge in [0, 0.05) is 57.2 Å². The molecule has 1 saturated heterocycles. The zero-order valence-electron chi connectivity index (χ0n) is 12.9. The Morgan fingerprint density at radius 2 is 2.23 bits per heavy atom. The molecule has 3 rings (SSSR count). The largest absolute Gasteiger partial charge is 0.381 e. The Balaban J connectivity index is 1.83. The number of pyridine rings is 1. The van der Waals surface area contributed by atoms with E-state index in [0.29, 0.717) is 16.9 Å². The molecule has 6 heteroatoms. The number of hydrogen-bond donors (Lipinski definition) is 0. The van der Waals surface area contributed by atoms with E-state index >= 15 is 0 Å². The van der Waals surface area contributed by atoms with E-state index in [9.17, 15) is 0 Å². The molecular formula is C16H21ClN4O. The smallest absolute Gasteiger partial charge is 0.0822 e. The third kappa shape index (κ3) is 3.10. The van der Waals surface area contributed by atoms with Crippen molar-refractivity contribution >= 4 is 17.3 Å². The fourth-order valence-corrected chi connectivity index (χ4v) is 3.38. The summed E-state index contributed by atoms with van der Waals surface area (Å²) in [6.45, 7) is 5.39. The molecule has 1 aliphatic heterocycles. The minimum atomic E-state index is 0.407. The van der Waals surface area contributed by atoms with Crippen LogP contribution in [0.15, 0.2) is 30.9 Å². The third-order valence-corrected chi connectivity index (χ3v) is 4.51. The first-order chi connectivity index (χ1) is 10.7. The molecule has 5 nitrogen and oxygen atoms in total. The van der Waals surface area contributed by atoms with Crippen LogP contribution in [0.2, 0.25) is 5.02 Å². The molecule has 1 fully saturated rings. The van der Waals surface area contributed by atoms with Crippen molar-refractivity contribution in [3.05, 3.63) is 41.4 Å². The quantitative estimate of drug-likeness (QED) is 0.849. The van der Waals surface area contributed by atoms with Crippen molar-refractivity contribution in [3.63, 3.8) is 0 Å². The van der Waals surface area contributed by atoms with Crippen molar-refractivity contribution in [2.75, 3.05) is 31.2 Å². The standard InChI is InChI=1S/C16H21ClN4O/c1-3-22-11-13-9-21(16-4-5-18-7-15(16)17)10-14(13)12-6-19-20(2)8-12/h4-8,13-14H,3,9-11H2,1-2H3/t13-,14-/m0/s1. The molecule has 2 aromatic heterocycles. The van der Waals surface area contributed by atoms with Crippen LogP contribution in [0.25, 0.3) is 0 Å². The van der Waals surface area contributed by atoms with Crippen molar-refractivity contribution in [2.24, 2.45) is 13.0 Å². The number of nitrogens with zero attached hydrogens (tertiary/aromatic N) is 4. The Bertz CT molecular complexity index is 630. The van der Waals surface area contributed by atoms with Gasteiger partial charge < -0.3 is 9.64 Å². The molecule has 0 unspecified atom stereocenters. The van der Waals surface area contributed by atoms with E-state index < -0.39 is 0 Å². The van der Waals surface area contributed by atoms with Gasteiger partial charge >= 0.3 is 0 Å². The maximum atomic E-state index is 6.30. The maximum absolute atomic E-state index is 6.30. The van der Waals surface area contributed by atoms with E-state index in [-0.39, 0.29) is 0 Å². The van der Waals surface area contributed by atoms with Crippen molar-refractivity contribution in [1.29, 1.82) is 0 Å². The summed E-state index contributed by atoms with van der Waals surface area (Å²) in [5.74, 6) is 0.845. The summed E-state index contributed by atoms with van der Waals surface area (Å²) in [5, 5.41) is 5.01. The Morgan fingerprint density at radius 3 is 2.91 bits per heavy atom. The molecule has 0 bridgehead atoms. The van der Waals surface area contributed by atoms with Crippen molar-refractivity contribution in [3.8, 4) is 0 Å². The van der Waals surface area contributed by atoms with Crippen molar-refractivity contribution < 1.29 is 4.74 Å². The van der Waals surface area contributed by atoms with Gasteiger partial charge in [-0.3, -0.25) is 9.67 Å². The predicted octanol–water partition coefficient (Wildman–Crippen LogP) is 2.73. The van der Waals surface area contributed by atoms with Crippen LogP contribution in [-0.2, 0) is 11.8 Å². The van der Waals surface area contributed by atoms with E-state index in [4.69, 9.17) is 16.3 Å². The fourth-order valence-electron chi connectivity index (χ4n) is 3.14. The number of hydrogen-bond acceptors (Lipinski definition) is 4. The Labute approximate surface area is 135 Å². The number of halogens is 1. The zero-order chi connectivity index (χ0) is 15.5. The van der Waals surface area contributed by atoms with E-state index in [0.717, 1.165) is 32.0 Å². The average molecular weight is 321 g/mol. The maximum Gasteiger partial charge on any atom is 0.0822 e. The number of ether oxygens (including phenoxy) is 1. The molecule has 2 atom stereocenters. The Morgan fingerprint density at radius 1 is 1.36 bits per heavy atom. The van der Waals surface area contributed by atoms with Crippen LogP contribution in [0, 0.1) is 5.92 Å². The second-order valence-electron chi connectivity index (χ2n) is 5.71. The molecular weight excluding hydrogens is 300 g/mol. The summed E-state index contributed by atoms with van der Waals surface area (Å²) in [6, 6.07) is 1.98.